The van der Waals surface area contributed by atoms with E-state index in [9.17, 15) is 5.11 Å². The molecule has 1 saturated carbocycles. The smallest absolute Gasteiger partial charge is 0.148 e. The van der Waals surface area contributed by atoms with Crippen molar-refractivity contribution < 1.29 is 9.84 Å². The van der Waals surface area contributed by atoms with Gasteiger partial charge >= 0.3 is 0 Å². The minimum Gasteiger partial charge on any atom is -0.481 e. The van der Waals surface area contributed by atoms with Crippen LogP contribution >= 0.6 is 0 Å². The average molecular weight is 273 g/mol. The number of ether oxygens (including phenoxy) is 1. The summed E-state index contributed by atoms with van der Waals surface area (Å²) in [4.78, 5) is 0. The first-order valence-corrected chi connectivity index (χ1v) is 7.33. The van der Waals surface area contributed by atoms with E-state index in [1.54, 1.807) is 0 Å². The van der Waals surface area contributed by atoms with Crippen molar-refractivity contribution in [3.8, 4) is 18.1 Å². The van der Waals surface area contributed by atoms with E-state index in [0.717, 1.165) is 25.1 Å². The van der Waals surface area contributed by atoms with Crippen molar-refractivity contribution >= 4 is 0 Å². The second-order valence-electron chi connectivity index (χ2n) is 5.35. The summed E-state index contributed by atoms with van der Waals surface area (Å²) < 4.78 is 5.35. The third kappa shape index (κ3) is 4.26. The lowest BCUT2D eigenvalue weighted by molar-refractivity contribution is 0.152. The molecule has 108 valence electrons. The first-order valence-electron chi connectivity index (χ1n) is 7.33. The Labute approximate surface area is 121 Å². The molecular formula is C17H23NO2. The van der Waals surface area contributed by atoms with E-state index in [4.69, 9.17) is 11.2 Å². The third-order valence-electron chi connectivity index (χ3n) is 3.96. The topological polar surface area (TPSA) is 41.5 Å². The summed E-state index contributed by atoms with van der Waals surface area (Å²) in [6.45, 7) is 1.42. The SMILES string of the molecule is C#CCOc1ccc(CNC2CCCCC2CO)cc1. The molecule has 0 saturated heterocycles. The number of hydrogen-bond donors (Lipinski definition) is 2. The Kier molecular flexibility index (Phi) is 5.91. The number of nitrogens with one attached hydrogen (secondary N) is 1. The van der Waals surface area contributed by atoms with Crippen LogP contribution in [0.1, 0.15) is 31.2 Å². The van der Waals surface area contributed by atoms with Gasteiger partial charge in [-0.15, -0.1) is 6.42 Å². The Balaban J connectivity index is 1.82. The first kappa shape index (κ1) is 14.9. The Morgan fingerprint density at radius 1 is 1.25 bits per heavy atom. The Bertz CT molecular complexity index is 435. The zero-order chi connectivity index (χ0) is 14.2. The van der Waals surface area contributed by atoms with Crippen LogP contribution in [0.4, 0.5) is 0 Å². The maximum absolute atomic E-state index is 9.40. The normalized spacial score (nSPS) is 22.2. The predicted octanol–water partition coefficient (Wildman–Crippen LogP) is 2.34. The molecule has 1 aromatic carbocycles. The van der Waals surface area contributed by atoms with Crippen molar-refractivity contribution in [3.05, 3.63) is 29.8 Å². The maximum atomic E-state index is 9.40. The van der Waals surface area contributed by atoms with Gasteiger partial charge in [0.1, 0.15) is 12.4 Å². The molecule has 3 nitrogen and oxygen atoms in total. The van der Waals surface area contributed by atoms with Crippen molar-refractivity contribution in [1.82, 2.24) is 5.32 Å². The Hall–Kier alpha value is -1.50. The fourth-order valence-electron chi connectivity index (χ4n) is 2.77. The van der Waals surface area contributed by atoms with Crippen LogP contribution in [-0.4, -0.2) is 24.4 Å². The van der Waals surface area contributed by atoms with Crippen LogP contribution in [-0.2, 0) is 6.54 Å². The molecule has 2 N–H and O–H groups in total. The number of terminal acetylenes is 1. The van der Waals surface area contributed by atoms with Crippen molar-refractivity contribution in [1.29, 1.82) is 0 Å². The van der Waals surface area contributed by atoms with E-state index in [1.165, 1.54) is 18.4 Å². The van der Waals surface area contributed by atoms with Gasteiger partial charge in [-0.2, -0.15) is 0 Å². The van der Waals surface area contributed by atoms with Crippen LogP contribution < -0.4 is 10.1 Å². The second-order valence-corrected chi connectivity index (χ2v) is 5.35. The molecule has 0 spiro atoms. The molecule has 1 aliphatic carbocycles. The van der Waals surface area contributed by atoms with Gasteiger partial charge in [0, 0.05) is 19.2 Å². The molecule has 0 aromatic heterocycles. The molecule has 3 heteroatoms. The Morgan fingerprint density at radius 3 is 2.70 bits per heavy atom. The second kappa shape index (κ2) is 7.94. The highest BCUT2D eigenvalue weighted by atomic mass is 16.5. The van der Waals surface area contributed by atoms with E-state index in [0.29, 0.717) is 18.6 Å². The fourth-order valence-corrected chi connectivity index (χ4v) is 2.77. The van der Waals surface area contributed by atoms with Crippen molar-refractivity contribution in [2.75, 3.05) is 13.2 Å². The summed E-state index contributed by atoms with van der Waals surface area (Å²) in [5, 5.41) is 13.0. The van der Waals surface area contributed by atoms with Gasteiger partial charge in [-0.1, -0.05) is 30.9 Å². The van der Waals surface area contributed by atoms with Crippen LogP contribution in [0.2, 0.25) is 0 Å². The molecule has 0 radical (unpaired) electrons. The summed E-state index contributed by atoms with van der Waals surface area (Å²) in [7, 11) is 0. The van der Waals surface area contributed by atoms with Crippen molar-refractivity contribution in [3.63, 3.8) is 0 Å². The van der Waals surface area contributed by atoms with Crippen LogP contribution in [0.15, 0.2) is 24.3 Å². The highest BCUT2D eigenvalue weighted by Crippen LogP contribution is 2.24. The molecule has 20 heavy (non-hydrogen) atoms. The zero-order valence-corrected chi connectivity index (χ0v) is 11.8. The molecule has 2 unspecified atom stereocenters. The van der Waals surface area contributed by atoms with E-state index in [1.807, 2.05) is 12.1 Å². The van der Waals surface area contributed by atoms with Gasteiger partial charge in [0.2, 0.25) is 0 Å². The Morgan fingerprint density at radius 2 is 2.00 bits per heavy atom. The van der Waals surface area contributed by atoms with E-state index < -0.39 is 0 Å². The van der Waals surface area contributed by atoms with Gasteiger partial charge in [0.15, 0.2) is 0 Å². The lowest BCUT2D eigenvalue weighted by atomic mass is 9.85. The maximum Gasteiger partial charge on any atom is 0.148 e. The van der Waals surface area contributed by atoms with Crippen molar-refractivity contribution in [2.24, 2.45) is 5.92 Å². The first-order chi connectivity index (χ1) is 9.83. The summed E-state index contributed by atoms with van der Waals surface area (Å²) in [5.74, 6) is 3.66. The molecule has 2 atom stereocenters. The molecule has 0 heterocycles. The van der Waals surface area contributed by atoms with Crippen LogP contribution in [0.25, 0.3) is 0 Å². The number of aliphatic hydroxyl groups excluding tert-OH is 1. The largest absolute Gasteiger partial charge is 0.481 e. The minimum atomic E-state index is 0.288. The molecular weight excluding hydrogens is 250 g/mol. The lowest BCUT2D eigenvalue weighted by Gasteiger charge is -2.31. The van der Waals surface area contributed by atoms with Gasteiger partial charge in [-0.25, -0.2) is 0 Å². The van der Waals surface area contributed by atoms with Crippen molar-refractivity contribution in [2.45, 2.75) is 38.3 Å². The van der Waals surface area contributed by atoms with Gasteiger partial charge in [0.25, 0.3) is 0 Å². The average Bonchev–Trinajstić information content (AvgIpc) is 2.52. The van der Waals surface area contributed by atoms with E-state index >= 15 is 0 Å². The zero-order valence-electron chi connectivity index (χ0n) is 11.8. The molecule has 1 aromatic rings. The van der Waals surface area contributed by atoms with Gasteiger partial charge in [-0.3, -0.25) is 0 Å². The lowest BCUT2D eigenvalue weighted by Crippen LogP contribution is -2.39. The fraction of sp³-hybridized carbons (Fsp3) is 0.529. The van der Waals surface area contributed by atoms with Crippen LogP contribution in [0.5, 0.6) is 5.75 Å². The number of hydrogen-bond acceptors (Lipinski definition) is 3. The number of rotatable bonds is 6. The third-order valence-corrected chi connectivity index (χ3v) is 3.96. The summed E-state index contributed by atoms with van der Waals surface area (Å²) in [6.07, 6.45) is 9.95. The highest BCUT2D eigenvalue weighted by Gasteiger charge is 2.23. The minimum absolute atomic E-state index is 0.288. The summed E-state index contributed by atoms with van der Waals surface area (Å²) in [6, 6.07) is 8.43. The molecule has 0 amide bonds. The summed E-state index contributed by atoms with van der Waals surface area (Å²) in [5.41, 5.74) is 1.22. The molecule has 1 fully saturated rings. The molecule has 0 bridgehead atoms. The van der Waals surface area contributed by atoms with Gasteiger partial charge in [-0.05, 0) is 36.5 Å². The molecule has 2 rings (SSSR count). The summed E-state index contributed by atoms with van der Waals surface area (Å²) >= 11 is 0. The standard InChI is InChI=1S/C17H23NO2/c1-2-11-20-16-9-7-14(8-10-16)12-18-17-6-4-3-5-15(17)13-19/h1,7-10,15,17-19H,3-6,11-13H2. The van der Waals surface area contributed by atoms with E-state index in [2.05, 4.69) is 23.4 Å². The molecule has 0 aliphatic heterocycles. The monoisotopic (exact) mass is 273 g/mol. The van der Waals surface area contributed by atoms with Crippen LogP contribution in [0, 0.1) is 18.3 Å². The number of aliphatic hydroxyl groups is 1. The quantitative estimate of drug-likeness (QED) is 0.782. The van der Waals surface area contributed by atoms with Crippen LogP contribution in [0.3, 0.4) is 0 Å². The molecule has 1 aliphatic rings. The van der Waals surface area contributed by atoms with E-state index in [-0.39, 0.29) is 6.61 Å². The highest BCUT2D eigenvalue weighted by molar-refractivity contribution is 5.27. The van der Waals surface area contributed by atoms with Gasteiger partial charge in [0.05, 0.1) is 0 Å². The predicted molar refractivity (Wildman–Crippen MR) is 80.4 cm³/mol. The number of benzene rings is 1. The van der Waals surface area contributed by atoms with Gasteiger partial charge < -0.3 is 15.2 Å².